The molecule has 2 heterocycles. The topological polar surface area (TPSA) is 66.5 Å². The third-order valence-electron chi connectivity index (χ3n) is 3.83. The number of carbonyl (C=O) groups is 1. The molecule has 0 radical (unpaired) electrons. The summed E-state index contributed by atoms with van der Waals surface area (Å²) in [6.07, 6.45) is 0. The van der Waals surface area contributed by atoms with Crippen LogP contribution in [0.5, 0.6) is 5.75 Å². The zero-order chi connectivity index (χ0) is 16.2. The highest BCUT2D eigenvalue weighted by atomic mass is 35.5. The smallest absolute Gasteiger partial charge is 0.273 e. The van der Waals surface area contributed by atoms with E-state index in [4.69, 9.17) is 4.74 Å². The first-order valence-corrected chi connectivity index (χ1v) is 8.43. The van der Waals surface area contributed by atoms with Gasteiger partial charge in [-0.2, -0.15) is 0 Å². The second-order valence-electron chi connectivity index (χ2n) is 5.44. The third kappa shape index (κ3) is 5.22. The van der Waals surface area contributed by atoms with Crippen molar-refractivity contribution in [1.29, 1.82) is 0 Å². The van der Waals surface area contributed by atoms with E-state index in [1.807, 2.05) is 41.5 Å². The molecule has 1 atom stereocenters. The summed E-state index contributed by atoms with van der Waals surface area (Å²) in [6.45, 7) is 4.43. The first-order chi connectivity index (χ1) is 11.2. The van der Waals surface area contributed by atoms with Gasteiger partial charge in [0.15, 0.2) is 5.13 Å². The van der Waals surface area contributed by atoms with E-state index in [-0.39, 0.29) is 36.8 Å². The summed E-state index contributed by atoms with van der Waals surface area (Å²) in [6, 6.07) is 7.78. The fraction of sp³-hybridized carbons (Fsp3) is 0.375. The van der Waals surface area contributed by atoms with Crippen LogP contribution in [0.4, 0.5) is 10.8 Å². The van der Waals surface area contributed by atoms with Crippen LogP contribution in [-0.4, -0.2) is 48.6 Å². The number of nitrogens with zero attached hydrogens (tertiary/aromatic N) is 2. The Morgan fingerprint density at radius 2 is 2.08 bits per heavy atom. The number of amides is 1. The van der Waals surface area contributed by atoms with Crippen LogP contribution in [0.2, 0.25) is 0 Å². The van der Waals surface area contributed by atoms with Gasteiger partial charge in [0, 0.05) is 36.7 Å². The Bertz CT molecular complexity index is 681. The van der Waals surface area contributed by atoms with Gasteiger partial charge in [-0.15, -0.1) is 36.2 Å². The molecule has 138 valence electrons. The lowest BCUT2D eigenvalue weighted by molar-refractivity contribution is 0.0650. The van der Waals surface area contributed by atoms with Crippen molar-refractivity contribution in [3.05, 3.63) is 35.3 Å². The largest absolute Gasteiger partial charge is 0.497 e. The number of hydrogen-bond acceptors (Lipinski definition) is 6. The maximum Gasteiger partial charge on any atom is 0.273 e. The number of thiazole rings is 1. The molecule has 1 amide bonds. The SMILES string of the molecule is COc1ccc(Nc2nc(C(=O)N3CCNC[C@@H]3C)cs2)cc1.Cl.Cl. The van der Waals surface area contributed by atoms with Crippen LogP contribution >= 0.6 is 36.2 Å². The van der Waals surface area contributed by atoms with Gasteiger partial charge in [0.25, 0.3) is 5.91 Å². The van der Waals surface area contributed by atoms with Crippen molar-refractivity contribution < 1.29 is 9.53 Å². The van der Waals surface area contributed by atoms with Gasteiger partial charge >= 0.3 is 0 Å². The van der Waals surface area contributed by atoms with E-state index in [9.17, 15) is 4.79 Å². The normalized spacial score (nSPS) is 16.4. The van der Waals surface area contributed by atoms with Crippen LogP contribution in [0.3, 0.4) is 0 Å². The van der Waals surface area contributed by atoms with Crippen LogP contribution < -0.4 is 15.4 Å². The van der Waals surface area contributed by atoms with Gasteiger partial charge in [0.1, 0.15) is 11.4 Å². The molecule has 0 aliphatic carbocycles. The number of rotatable bonds is 4. The number of halogens is 2. The number of ether oxygens (including phenoxy) is 1. The van der Waals surface area contributed by atoms with Gasteiger partial charge in [0.2, 0.25) is 0 Å². The minimum absolute atomic E-state index is 0. The van der Waals surface area contributed by atoms with E-state index >= 15 is 0 Å². The highest BCUT2D eigenvalue weighted by Crippen LogP contribution is 2.23. The maximum atomic E-state index is 12.6. The molecule has 3 rings (SSSR count). The number of nitrogens with one attached hydrogen (secondary N) is 2. The molecule has 1 aliphatic heterocycles. The fourth-order valence-electron chi connectivity index (χ4n) is 2.52. The molecule has 0 unspecified atom stereocenters. The molecular formula is C16H22Cl2N4O2S. The Hall–Kier alpha value is -1.54. The first-order valence-electron chi connectivity index (χ1n) is 7.55. The zero-order valence-electron chi connectivity index (χ0n) is 14.0. The molecule has 1 aromatic heterocycles. The van der Waals surface area contributed by atoms with Crippen molar-refractivity contribution in [2.45, 2.75) is 13.0 Å². The summed E-state index contributed by atoms with van der Waals surface area (Å²) in [4.78, 5) is 18.9. The van der Waals surface area contributed by atoms with Crippen LogP contribution in [-0.2, 0) is 0 Å². The van der Waals surface area contributed by atoms with Crippen LogP contribution in [0.25, 0.3) is 0 Å². The second-order valence-corrected chi connectivity index (χ2v) is 6.30. The minimum atomic E-state index is -0.00182. The molecule has 6 nitrogen and oxygen atoms in total. The van der Waals surface area contributed by atoms with E-state index in [1.165, 1.54) is 11.3 Å². The summed E-state index contributed by atoms with van der Waals surface area (Å²) in [5, 5.41) is 9.02. The summed E-state index contributed by atoms with van der Waals surface area (Å²) < 4.78 is 5.14. The van der Waals surface area contributed by atoms with E-state index in [0.717, 1.165) is 31.1 Å². The molecule has 9 heteroatoms. The molecule has 0 bridgehead atoms. The number of methoxy groups -OCH3 is 1. The van der Waals surface area contributed by atoms with Gasteiger partial charge in [0.05, 0.1) is 7.11 Å². The standard InChI is InChI=1S/C16H20N4O2S.2ClH/c1-11-9-17-7-8-20(11)15(21)14-10-23-16(19-14)18-12-3-5-13(22-2)6-4-12;;/h3-6,10-11,17H,7-9H2,1-2H3,(H,18,19);2*1H/t11-;;/m0../s1. The van der Waals surface area contributed by atoms with Crippen molar-refractivity contribution in [2.24, 2.45) is 0 Å². The Balaban J connectivity index is 0.00000156. The summed E-state index contributed by atoms with van der Waals surface area (Å²) in [7, 11) is 1.64. The van der Waals surface area contributed by atoms with Gasteiger partial charge in [-0.1, -0.05) is 0 Å². The molecule has 1 aromatic carbocycles. The molecule has 0 spiro atoms. The van der Waals surface area contributed by atoms with Gasteiger partial charge in [-0.05, 0) is 31.2 Å². The lowest BCUT2D eigenvalue weighted by atomic mass is 10.2. The molecular weight excluding hydrogens is 383 g/mol. The lowest BCUT2D eigenvalue weighted by Gasteiger charge is -2.33. The van der Waals surface area contributed by atoms with Gasteiger partial charge < -0.3 is 20.3 Å². The number of hydrogen-bond donors (Lipinski definition) is 2. The quantitative estimate of drug-likeness (QED) is 0.818. The van der Waals surface area contributed by atoms with E-state index < -0.39 is 0 Å². The molecule has 2 aromatic rings. The number of benzene rings is 1. The maximum absolute atomic E-state index is 12.6. The first kappa shape index (κ1) is 21.5. The molecule has 0 saturated carbocycles. The Morgan fingerprint density at radius 3 is 2.72 bits per heavy atom. The molecule has 25 heavy (non-hydrogen) atoms. The number of anilines is 2. The summed E-state index contributed by atoms with van der Waals surface area (Å²) in [5.74, 6) is 0.802. The van der Waals surface area contributed by atoms with E-state index in [1.54, 1.807) is 7.11 Å². The average Bonchev–Trinajstić information content (AvgIpc) is 3.04. The predicted molar refractivity (Wildman–Crippen MR) is 106 cm³/mol. The van der Waals surface area contributed by atoms with Gasteiger partial charge in [-0.25, -0.2) is 4.98 Å². The van der Waals surface area contributed by atoms with Crippen molar-refractivity contribution in [1.82, 2.24) is 15.2 Å². The number of carbonyl (C=O) groups excluding carboxylic acids is 1. The molecule has 1 fully saturated rings. The Morgan fingerprint density at radius 1 is 1.36 bits per heavy atom. The lowest BCUT2D eigenvalue weighted by Crippen LogP contribution is -2.52. The van der Waals surface area contributed by atoms with Crippen molar-refractivity contribution >= 4 is 52.9 Å². The molecule has 1 aliphatic rings. The molecule has 1 saturated heterocycles. The Labute approximate surface area is 163 Å². The predicted octanol–water partition coefficient (Wildman–Crippen LogP) is 3.17. The van der Waals surface area contributed by atoms with Crippen molar-refractivity contribution in [3.63, 3.8) is 0 Å². The third-order valence-corrected chi connectivity index (χ3v) is 4.58. The van der Waals surface area contributed by atoms with Crippen molar-refractivity contribution in [3.8, 4) is 5.75 Å². The fourth-order valence-corrected chi connectivity index (χ4v) is 3.22. The highest BCUT2D eigenvalue weighted by molar-refractivity contribution is 7.14. The average molecular weight is 405 g/mol. The van der Waals surface area contributed by atoms with Gasteiger partial charge in [-0.3, -0.25) is 4.79 Å². The Kier molecular flexibility index (Phi) is 8.44. The van der Waals surface area contributed by atoms with Crippen LogP contribution in [0.1, 0.15) is 17.4 Å². The summed E-state index contributed by atoms with van der Waals surface area (Å²) >= 11 is 1.43. The monoisotopic (exact) mass is 404 g/mol. The highest BCUT2D eigenvalue weighted by Gasteiger charge is 2.25. The van der Waals surface area contributed by atoms with E-state index in [0.29, 0.717) is 10.8 Å². The van der Waals surface area contributed by atoms with Crippen LogP contribution in [0.15, 0.2) is 29.6 Å². The van der Waals surface area contributed by atoms with Crippen LogP contribution in [0, 0.1) is 0 Å². The summed E-state index contributed by atoms with van der Waals surface area (Å²) in [5.41, 5.74) is 1.41. The number of aromatic nitrogens is 1. The minimum Gasteiger partial charge on any atom is -0.497 e. The second kappa shape index (κ2) is 9.82. The van der Waals surface area contributed by atoms with E-state index in [2.05, 4.69) is 15.6 Å². The molecule has 2 N–H and O–H groups in total. The number of piperazine rings is 1. The zero-order valence-corrected chi connectivity index (χ0v) is 16.5. The van der Waals surface area contributed by atoms with Crippen molar-refractivity contribution in [2.75, 3.05) is 32.1 Å².